The number of aromatic nitrogens is 2. The summed E-state index contributed by atoms with van der Waals surface area (Å²) in [6.45, 7) is 4.36. The van der Waals surface area contributed by atoms with Crippen molar-refractivity contribution in [2.45, 2.75) is 20.3 Å². The van der Waals surface area contributed by atoms with Crippen molar-refractivity contribution in [3.05, 3.63) is 42.2 Å². The molecule has 4 heteroatoms. The minimum absolute atomic E-state index is 0.591. The zero-order chi connectivity index (χ0) is 13.0. The maximum atomic E-state index is 5.71. The first-order valence-corrected chi connectivity index (χ1v) is 6.07. The van der Waals surface area contributed by atoms with Crippen LogP contribution in [0, 0.1) is 5.92 Å². The molecular weight excluding hydrogens is 224 g/mol. The van der Waals surface area contributed by atoms with Gasteiger partial charge in [0.15, 0.2) is 0 Å². The van der Waals surface area contributed by atoms with Crippen LogP contribution in [-0.4, -0.2) is 9.97 Å². The number of nitrogens with one attached hydrogen (secondary N) is 1. The molecule has 94 valence electrons. The van der Waals surface area contributed by atoms with E-state index in [1.165, 1.54) is 0 Å². The van der Waals surface area contributed by atoms with Crippen molar-refractivity contribution in [3.63, 3.8) is 0 Å². The summed E-state index contributed by atoms with van der Waals surface area (Å²) in [6.07, 6.45) is 4.72. The molecule has 0 aliphatic heterocycles. The van der Waals surface area contributed by atoms with Gasteiger partial charge in [-0.2, -0.15) is 0 Å². The van der Waals surface area contributed by atoms with Crippen LogP contribution in [0.5, 0.6) is 0 Å². The summed E-state index contributed by atoms with van der Waals surface area (Å²) in [5.41, 5.74) is 8.48. The van der Waals surface area contributed by atoms with Crippen molar-refractivity contribution in [1.82, 2.24) is 9.97 Å². The number of nitrogens with zero attached hydrogens (tertiary/aromatic N) is 2. The maximum absolute atomic E-state index is 5.71. The lowest BCUT2D eigenvalue weighted by atomic mass is 10.1. The van der Waals surface area contributed by atoms with Gasteiger partial charge in [-0.3, -0.25) is 0 Å². The van der Waals surface area contributed by atoms with Gasteiger partial charge in [0.05, 0.1) is 0 Å². The fourth-order valence-corrected chi connectivity index (χ4v) is 1.74. The third kappa shape index (κ3) is 3.45. The number of nitrogen functional groups attached to an aromatic ring is 1. The number of benzene rings is 1. The van der Waals surface area contributed by atoms with Gasteiger partial charge in [0.1, 0.15) is 0 Å². The second-order valence-corrected chi connectivity index (χ2v) is 4.76. The summed E-state index contributed by atoms with van der Waals surface area (Å²) in [5.74, 6) is 1.20. The maximum Gasteiger partial charge on any atom is 0.227 e. The molecule has 0 radical (unpaired) electrons. The molecule has 0 amide bonds. The fraction of sp³-hybridized carbons (Fsp3) is 0.286. The molecule has 1 aromatic carbocycles. The highest BCUT2D eigenvalue weighted by Crippen LogP contribution is 2.16. The normalized spacial score (nSPS) is 10.6. The highest BCUT2D eigenvalue weighted by atomic mass is 15.1. The van der Waals surface area contributed by atoms with E-state index in [-0.39, 0.29) is 0 Å². The molecule has 1 heterocycles. The molecule has 0 bridgehead atoms. The van der Waals surface area contributed by atoms with Crippen molar-refractivity contribution in [2.24, 2.45) is 5.92 Å². The Kier molecular flexibility index (Phi) is 3.77. The summed E-state index contributed by atoms with van der Waals surface area (Å²) in [4.78, 5) is 8.59. The molecule has 1 aromatic heterocycles. The van der Waals surface area contributed by atoms with Gasteiger partial charge in [-0.1, -0.05) is 19.9 Å². The molecular formula is C14H18N4. The molecule has 0 saturated heterocycles. The van der Waals surface area contributed by atoms with Gasteiger partial charge in [-0.25, -0.2) is 9.97 Å². The predicted molar refractivity (Wildman–Crippen MR) is 74.7 cm³/mol. The Morgan fingerprint density at radius 3 is 2.56 bits per heavy atom. The Morgan fingerprint density at radius 1 is 1.22 bits per heavy atom. The molecule has 4 nitrogen and oxygen atoms in total. The van der Waals surface area contributed by atoms with E-state index in [2.05, 4.69) is 29.1 Å². The van der Waals surface area contributed by atoms with Gasteiger partial charge in [0, 0.05) is 23.8 Å². The van der Waals surface area contributed by atoms with Crippen molar-refractivity contribution in [3.8, 4) is 0 Å². The number of anilines is 3. The second-order valence-electron chi connectivity index (χ2n) is 4.76. The summed E-state index contributed by atoms with van der Waals surface area (Å²) >= 11 is 0. The Labute approximate surface area is 107 Å². The monoisotopic (exact) mass is 242 g/mol. The molecule has 0 spiro atoms. The van der Waals surface area contributed by atoms with E-state index in [4.69, 9.17) is 5.73 Å². The minimum atomic E-state index is 0.591. The zero-order valence-corrected chi connectivity index (χ0v) is 10.7. The van der Waals surface area contributed by atoms with Crippen molar-refractivity contribution in [1.29, 1.82) is 0 Å². The third-order valence-electron chi connectivity index (χ3n) is 2.49. The van der Waals surface area contributed by atoms with Gasteiger partial charge in [-0.05, 0) is 36.1 Å². The molecule has 0 aliphatic rings. The lowest BCUT2D eigenvalue weighted by Crippen LogP contribution is -2.00. The van der Waals surface area contributed by atoms with Crippen molar-refractivity contribution >= 4 is 17.3 Å². The Bertz CT molecular complexity index is 505. The molecule has 18 heavy (non-hydrogen) atoms. The largest absolute Gasteiger partial charge is 0.399 e. The first-order valence-electron chi connectivity index (χ1n) is 6.07. The molecule has 0 aliphatic carbocycles. The number of hydrogen-bond donors (Lipinski definition) is 2. The predicted octanol–water partition coefficient (Wildman–Crippen LogP) is 3.00. The van der Waals surface area contributed by atoms with Crippen LogP contribution >= 0.6 is 0 Å². The molecule has 3 N–H and O–H groups in total. The first-order chi connectivity index (χ1) is 8.63. The van der Waals surface area contributed by atoms with Crippen LogP contribution in [0.4, 0.5) is 17.3 Å². The van der Waals surface area contributed by atoms with Crippen molar-refractivity contribution in [2.75, 3.05) is 11.1 Å². The van der Waals surface area contributed by atoms with Crippen LogP contribution in [0.1, 0.15) is 19.4 Å². The molecule has 0 unspecified atom stereocenters. The summed E-state index contributed by atoms with van der Waals surface area (Å²) < 4.78 is 0. The van der Waals surface area contributed by atoms with Gasteiger partial charge in [0.2, 0.25) is 5.95 Å². The average Bonchev–Trinajstić information content (AvgIpc) is 2.31. The summed E-state index contributed by atoms with van der Waals surface area (Å²) in [6, 6.07) is 7.52. The van der Waals surface area contributed by atoms with E-state index < -0.39 is 0 Å². The molecule has 0 atom stereocenters. The zero-order valence-electron chi connectivity index (χ0n) is 10.7. The van der Waals surface area contributed by atoms with E-state index in [1.807, 2.05) is 36.7 Å². The minimum Gasteiger partial charge on any atom is -0.399 e. The Balaban J connectivity index is 2.06. The van der Waals surface area contributed by atoms with Crippen molar-refractivity contribution < 1.29 is 0 Å². The van der Waals surface area contributed by atoms with E-state index in [9.17, 15) is 0 Å². The Morgan fingerprint density at radius 2 is 1.94 bits per heavy atom. The van der Waals surface area contributed by atoms with Crippen LogP contribution in [0.3, 0.4) is 0 Å². The highest BCUT2D eigenvalue weighted by molar-refractivity contribution is 5.59. The number of rotatable bonds is 4. The average molecular weight is 242 g/mol. The quantitative estimate of drug-likeness (QED) is 0.809. The standard InChI is InChI=1S/C14H18N4/c1-10(2)6-11-8-16-14(17-9-11)18-13-5-3-4-12(15)7-13/h3-5,7-10H,6,15H2,1-2H3,(H,16,17,18). The molecule has 0 saturated carbocycles. The summed E-state index contributed by atoms with van der Waals surface area (Å²) in [7, 11) is 0. The lowest BCUT2D eigenvalue weighted by molar-refractivity contribution is 0.644. The molecule has 2 rings (SSSR count). The molecule has 0 fully saturated rings. The topological polar surface area (TPSA) is 63.8 Å². The van der Waals surface area contributed by atoms with Crippen LogP contribution in [0.25, 0.3) is 0 Å². The highest BCUT2D eigenvalue weighted by Gasteiger charge is 2.01. The third-order valence-corrected chi connectivity index (χ3v) is 2.49. The van der Waals surface area contributed by atoms with E-state index >= 15 is 0 Å². The second kappa shape index (κ2) is 5.49. The van der Waals surface area contributed by atoms with Gasteiger partial charge in [0.25, 0.3) is 0 Å². The van der Waals surface area contributed by atoms with E-state index in [0.717, 1.165) is 23.4 Å². The van der Waals surface area contributed by atoms with Gasteiger partial charge >= 0.3 is 0 Å². The van der Waals surface area contributed by atoms with E-state index in [1.54, 1.807) is 0 Å². The van der Waals surface area contributed by atoms with Crippen LogP contribution in [0.2, 0.25) is 0 Å². The van der Waals surface area contributed by atoms with Crippen LogP contribution in [0.15, 0.2) is 36.7 Å². The summed E-state index contributed by atoms with van der Waals surface area (Å²) in [5, 5.41) is 3.12. The fourth-order valence-electron chi connectivity index (χ4n) is 1.74. The SMILES string of the molecule is CC(C)Cc1cnc(Nc2cccc(N)c2)nc1. The molecule has 2 aromatic rings. The smallest absolute Gasteiger partial charge is 0.227 e. The lowest BCUT2D eigenvalue weighted by Gasteiger charge is -2.07. The van der Waals surface area contributed by atoms with Crippen LogP contribution in [-0.2, 0) is 6.42 Å². The number of nitrogens with two attached hydrogens (primary N) is 1. The van der Waals surface area contributed by atoms with Crippen LogP contribution < -0.4 is 11.1 Å². The first kappa shape index (κ1) is 12.4. The van der Waals surface area contributed by atoms with Gasteiger partial charge in [-0.15, -0.1) is 0 Å². The van der Waals surface area contributed by atoms with Gasteiger partial charge < -0.3 is 11.1 Å². The van der Waals surface area contributed by atoms with E-state index in [0.29, 0.717) is 11.9 Å². The number of hydrogen-bond acceptors (Lipinski definition) is 4. The Hall–Kier alpha value is -2.10.